The van der Waals surface area contributed by atoms with Crippen molar-refractivity contribution < 1.29 is 9.00 Å². The van der Waals surface area contributed by atoms with E-state index in [1.165, 1.54) is 0 Å². The summed E-state index contributed by atoms with van der Waals surface area (Å²) in [6, 6.07) is 3.40. The van der Waals surface area contributed by atoms with Gasteiger partial charge in [-0.1, -0.05) is 15.9 Å². The average Bonchev–Trinajstić information content (AvgIpc) is 2.23. The molecule has 1 aromatic rings. The first-order chi connectivity index (χ1) is 8.79. The Morgan fingerprint density at radius 3 is 2.37 bits per heavy atom. The Balaban J connectivity index is 2.65. The number of hydrogen-bond acceptors (Lipinski definition) is 2. The van der Waals surface area contributed by atoms with Gasteiger partial charge in [-0.05, 0) is 44.0 Å². The summed E-state index contributed by atoms with van der Waals surface area (Å²) in [4.78, 5) is 11.8. The summed E-state index contributed by atoms with van der Waals surface area (Å²) >= 11 is 3.48. The fraction of sp³-hybridized carbons (Fsp3) is 0.462. The molecule has 0 aromatic heterocycles. The molecule has 0 spiro atoms. The van der Waals surface area contributed by atoms with Gasteiger partial charge in [0, 0.05) is 39.0 Å². The third kappa shape index (κ3) is 5.32. The van der Waals surface area contributed by atoms with E-state index >= 15 is 0 Å². The molecular formula is C13H19BrN2O2S. The van der Waals surface area contributed by atoms with Gasteiger partial charge in [-0.2, -0.15) is 0 Å². The van der Waals surface area contributed by atoms with Crippen LogP contribution in [0.3, 0.4) is 0 Å². The van der Waals surface area contributed by atoms with Gasteiger partial charge in [0.1, 0.15) is 0 Å². The maximum absolute atomic E-state index is 11.8. The number of rotatable bonds is 4. The molecule has 2 N–H and O–H groups in total. The van der Waals surface area contributed by atoms with Crippen molar-refractivity contribution >= 4 is 38.4 Å². The van der Waals surface area contributed by atoms with Gasteiger partial charge in [0.2, 0.25) is 0 Å². The third-order valence-corrected chi connectivity index (χ3v) is 4.78. The third-order valence-electron chi connectivity index (χ3n) is 2.56. The Hall–Kier alpha value is -0.880. The largest absolute Gasteiger partial charge is 0.334 e. The highest BCUT2D eigenvalue weighted by Crippen LogP contribution is 2.24. The molecule has 19 heavy (non-hydrogen) atoms. The van der Waals surface area contributed by atoms with Crippen LogP contribution in [0.5, 0.6) is 0 Å². The molecule has 4 nitrogen and oxygen atoms in total. The fourth-order valence-electron chi connectivity index (χ4n) is 1.80. The fourth-order valence-corrected chi connectivity index (χ4v) is 2.82. The second-order valence-electron chi connectivity index (χ2n) is 4.66. The number of benzene rings is 1. The number of nitrogens with one attached hydrogen (secondary N) is 2. The number of amides is 2. The number of halogens is 1. The zero-order chi connectivity index (χ0) is 14.6. The summed E-state index contributed by atoms with van der Waals surface area (Å²) in [5.74, 6) is 0.450. The van der Waals surface area contributed by atoms with Crippen molar-refractivity contribution in [2.24, 2.45) is 0 Å². The molecule has 0 bridgehead atoms. The molecule has 0 saturated heterocycles. The number of hydrogen-bond donors (Lipinski definition) is 2. The van der Waals surface area contributed by atoms with Crippen LogP contribution < -0.4 is 10.6 Å². The number of carbonyl (C=O) groups is 1. The lowest BCUT2D eigenvalue weighted by Crippen LogP contribution is -2.39. The van der Waals surface area contributed by atoms with Gasteiger partial charge in [0.15, 0.2) is 0 Å². The molecule has 6 heteroatoms. The molecule has 1 aromatic carbocycles. The minimum atomic E-state index is -0.918. The number of urea groups is 1. The molecule has 0 saturated carbocycles. The maximum atomic E-state index is 11.8. The van der Waals surface area contributed by atoms with Gasteiger partial charge in [0.25, 0.3) is 0 Å². The Labute approximate surface area is 124 Å². The maximum Gasteiger partial charge on any atom is 0.319 e. The van der Waals surface area contributed by atoms with E-state index in [4.69, 9.17) is 0 Å². The van der Waals surface area contributed by atoms with E-state index in [0.29, 0.717) is 5.75 Å². The van der Waals surface area contributed by atoms with E-state index in [9.17, 15) is 9.00 Å². The van der Waals surface area contributed by atoms with Crippen molar-refractivity contribution in [3.05, 3.63) is 27.7 Å². The lowest BCUT2D eigenvalue weighted by molar-refractivity contribution is 0.250. The van der Waals surface area contributed by atoms with E-state index in [2.05, 4.69) is 26.6 Å². The Morgan fingerprint density at radius 2 is 1.89 bits per heavy atom. The number of aryl methyl sites for hydroxylation is 2. The van der Waals surface area contributed by atoms with Crippen molar-refractivity contribution in [1.82, 2.24) is 5.32 Å². The SMILES string of the molecule is Cc1cc(NC(=O)N[C@H](C)C[S@](C)=O)cc(C)c1Br. The molecule has 0 aliphatic rings. The first-order valence-electron chi connectivity index (χ1n) is 5.94. The molecular weight excluding hydrogens is 328 g/mol. The number of carbonyl (C=O) groups excluding carboxylic acids is 1. The zero-order valence-corrected chi connectivity index (χ0v) is 13.9. The van der Waals surface area contributed by atoms with E-state index < -0.39 is 10.8 Å². The smallest absolute Gasteiger partial charge is 0.319 e. The zero-order valence-electron chi connectivity index (χ0n) is 11.5. The van der Waals surface area contributed by atoms with Gasteiger partial charge in [-0.15, -0.1) is 0 Å². The molecule has 0 heterocycles. The second kappa shape index (κ2) is 7.05. The van der Waals surface area contributed by atoms with Crippen LogP contribution >= 0.6 is 15.9 Å². The minimum Gasteiger partial charge on any atom is -0.334 e. The number of anilines is 1. The second-order valence-corrected chi connectivity index (χ2v) is 6.94. The van der Waals surface area contributed by atoms with E-state index in [1.54, 1.807) is 6.26 Å². The topological polar surface area (TPSA) is 58.2 Å². The molecule has 0 aliphatic heterocycles. The molecule has 0 radical (unpaired) electrons. The molecule has 1 rings (SSSR count). The van der Waals surface area contributed by atoms with Crippen molar-refractivity contribution in [1.29, 1.82) is 0 Å². The summed E-state index contributed by atoms with van der Waals surface area (Å²) in [6.45, 7) is 5.78. The standard InChI is InChI=1S/C13H19BrN2O2S/c1-8-5-11(6-9(2)12(8)14)16-13(17)15-10(3)7-19(4)18/h5-6,10H,7H2,1-4H3,(H2,15,16,17)/t10-,19+/m1/s1. The van der Waals surface area contributed by atoms with E-state index in [1.807, 2.05) is 32.9 Å². The minimum absolute atomic E-state index is 0.122. The van der Waals surface area contributed by atoms with Crippen LogP contribution in [0.4, 0.5) is 10.5 Å². The summed E-state index contributed by atoms with van der Waals surface area (Å²) in [5, 5.41) is 5.54. The molecule has 2 amide bonds. The molecule has 0 aliphatic carbocycles. The first-order valence-corrected chi connectivity index (χ1v) is 8.46. The van der Waals surface area contributed by atoms with Crippen LogP contribution in [0.1, 0.15) is 18.1 Å². The van der Waals surface area contributed by atoms with Gasteiger partial charge in [-0.25, -0.2) is 4.79 Å². The van der Waals surface area contributed by atoms with Crippen LogP contribution in [0.25, 0.3) is 0 Å². The monoisotopic (exact) mass is 346 g/mol. The van der Waals surface area contributed by atoms with Gasteiger partial charge in [0.05, 0.1) is 0 Å². The van der Waals surface area contributed by atoms with Crippen molar-refractivity contribution in [2.45, 2.75) is 26.8 Å². The molecule has 2 atom stereocenters. The lowest BCUT2D eigenvalue weighted by Gasteiger charge is -2.14. The van der Waals surface area contributed by atoms with Crippen LogP contribution in [-0.4, -0.2) is 28.3 Å². The van der Waals surface area contributed by atoms with Crippen molar-refractivity contribution in [3.8, 4) is 0 Å². The average molecular weight is 347 g/mol. The van der Waals surface area contributed by atoms with Crippen LogP contribution in [-0.2, 0) is 10.8 Å². The van der Waals surface area contributed by atoms with Gasteiger partial charge >= 0.3 is 6.03 Å². The van der Waals surface area contributed by atoms with Gasteiger partial charge < -0.3 is 10.6 Å². The Morgan fingerprint density at radius 1 is 1.37 bits per heavy atom. The quantitative estimate of drug-likeness (QED) is 0.880. The van der Waals surface area contributed by atoms with Gasteiger partial charge in [-0.3, -0.25) is 4.21 Å². The molecule has 106 valence electrons. The Bertz CT molecular complexity index is 482. The lowest BCUT2D eigenvalue weighted by atomic mass is 10.1. The predicted molar refractivity (Wildman–Crippen MR) is 84.2 cm³/mol. The van der Waals surface area contributed by atoms with Crippen LogP contribution in [0, 0.1) is 13.8 Å². The highest BCUT2D eigenvalue weighted by molar-refractivity contribution is 9.10. The normalized spacial score (nSPS) is 13.7. The predicted octanol–water partition coefficient (Wildman–Crippen LogP) is 2.95. The van der Waals surface area contributed by atoms with Crippen LogP contribution in [0.2, 0.25) is 0 Å². The summed E-state index contributed by atoms with van der Waals surface area (Å²) in [5.41, 5.74) is 2.89. The van der Waals surface area contributed by atoms with Crippen molar-refractivity contribution in [3.63, 3.8) is 0 Å². The molecule has 0 fully saturated rings. The van der Waals surface area contributed by atoms with E-state index in [0.717, 1.165) is 21.3 Å². The summed E-state index contributed by atoms with van der Waals surface area (Å²) < 4.78 is 12.1. The van der Waals surface area contributed by atoms with Crippen molar-refractivity contribution in [2.75, 3.05) is 17.3 Å². The molecule has 0 unspecified atom stereocenters. The summed E-state index contributed by atoms with van der Waals surface area (Å²) in [7, 11) is -0.918. The van der Waals surface area contributed by atoms with Crippen LogP contribution in [0.15, 0.2) is 16.6 Å². The highest BCUT2D eigenvalue weighted by atomic mass is 79.9. The summed E-state index contributed by atoms with van der Waals surface area (Å²) in [6.07, 6.45) is 1.62. The van der Waals surface area contributed by atoms with E-state index in [-0.39, 0.29) is 12.1 Å². The highest BCUT2D eigenvalue weighted by Gasteiger charge is 2.10. The first kappa shape index (κ1) is 16.2. The Kier molecular flexibility index (Phi) is 6.00.